The molecule has 0 spiro atoms. The number of benzene rings is 8. The van der Waals surface area contributed by atoms with E-state index in [0.29, 0.717) is 0 Å². The lowest BCUT2D eigenvalue weighted by molar-refractivity contribution is 0.570. The zero-order valence-electron chi connectivity index (χ0n) is 59.3. The standard InChI is InChI=1S/C102H62N6O2/c1-3-19-57(20-4-1)75-47-85(107-83-39-9-7-37-81(83)105(61-27-17-45-103-55-61)87-49-79-91(53-89(87)107)109-93-51-77-67-31-13-25-59-23-11-29-63(95(59)67)65-33-15-35-73(97(65)77)99(79)93)71-44-42-70-76(58-21-5-2-6-22-58)48-86(72-43-41-69(75)101(71)102(70)72)108-84-40-10-8-38-82(84)106(62-28-18-46-104-56-62)88-50-80-92(54-90(88)108)110-94-52-78-68-32-14-26-60-24-12-30-64(96(60)68)66-34-16-36-74(98(66)78)100(80)94/h1-56,81-82,95-98H/q+2. The van der Waals surface area contributed by atoms with Gasteiger partial charge in [-0.2, -0.15) is 9.15 Å². The van der Waals surface area contributed by atoms with Gasteiger partial charge in [0.25, 0.3) is 0 Å². The van der Waals surface area contributed by atoms with Crippen molar-refractivity contribution in [1.29, 1.82) is 0 Å². The SMILES string of the molecule is C1=CC2=CC=CC3=C4C=c5oc6cc7c(cc6c5=C5C=CC=C(C(=C1)C23)C45)N(c1cccnc1)C1C=CC=CC1=[N+]7c1cc(-c2ccccc2)c2ccc3c([N+]4=C5C=CC=CC5N(c5cccnc5)c5cc6c7c(oc6cc54)=CC4=C5C=CC=C6C=CC=C(C8=CC=CC=7C84)C65)cc(-c4ccccc4)c4ccc1c2c43. The Bertz CT molecular complexity index is 6990. The first-order valence-corrected chi connectivity index (χ1v) is 38.4. The first-order valence-electron chi connectivity index (χ1n) is 38.4. The fourth-order valence-corrected chi connectivity index (χ4v) is 21.3. The molecule has 0 saturated carbocycles. The number of aromatic nitrogens is 2. The second-order valence-electron chi connectivity index (χ2n) is 30.8. The van der Waals surface area contributed by atoms with Gasteiger partial charge in [-0.1, -0.05) is 219 Å². The topological polar surface area (TPSA) is 64.6 Å². The summed E-state index contributed by atoms with van der Waals surface area (Å²) in [6.07, 6.45) is 72.1. The molecule has 2 aliphatic heterocycles. The average Bonchev–Trinajstić information content (AvgIpc) is 0.987. The first-order chi connectivity index (χ1) is 54.6. The van der Waals surface area contributed by atoms with Crippen LogP contribution in [0, 0.1) is 23.7 Å². The van der Waals surface area contributed by atoms with Gasteiger partial charge in [0.1, 0.15) is 45.5 Å². The highest BCUT2D eigenvalue weighted by Crippen LogP contribution is 2.58. The molecule has 4 aromatic heterocycles. The molecule has 12 aliphatic carbocycles. The van der Waals surface area contributed by atoms with Crippen LogP contribution in [-0.4, -0.2) is 33.5 Å². The van der Waals surface area contributed by atoms with E-state index < -0.39 is 0 Å². The lowest BCUT2D eigenvalue weighted by Gasteiger charge is -2.41. The fourth-order valence-electron chi connectivity index (χ4n) is 21.3. The van der Waals surface area contributed by atoms with E-state index in [2.05, 4.69) is 335 Å². The van der Waals surface area contributed by atoms with Gasteiger partial charge in [-0.05, 0) is 161 Å². The third kappa shape index (κ3) is 7.82. The van der Waals surface area contributed by atoms with Crippen molar-refractivity contribution in [2.45, 2.75) is 12.1 Å². The summed E-state index contributed by atoms with van der Waals surface area (Å²) in [7, 11) is 0. The zero-order valence-corrected chi connectivity index (χ0v) is 59.3. The molecule has 8 aromatic carbocycles. The van der Waals surface area contributed by atoms with Crippen LogP contribution < -0.4 is 40.2 Å². The molecule has 8 nitrogen and oxygen atoms in total. The molecule has 0 amide bonds. The van der Waals surface area contributed by atoms with Crippen LogP contribution in [0.2, 0.25) is 0 Å². The van der Waals surface area contributed by atoms with Crippen molar-refractivity contribution in [3.05, 3.63) is 405 Å². The summed E-state index contributed by atoms with van der Waals surface area (Å²) in [6.45, 7) is 0. The number of fused-ring (bicyclic) bond motifs is 12. The van der Waals surface area contributed by atoms with Crippen LogP contribution in [0.15, 0.2) is 393 Å². The maximum atomic E-state index is 7.46. The van der Waals surface area contributed by atoms with Gasteiger partial charge in [-0.15, -0.1) is 0 Å². The Labute approximate surface area is 631 Å². The number of hydrogen-bond donors (Lipinski definition) is 0. The third-order valence-corrected chi connectivity index (χ3v) is 25.6. The van der Waals surface area contributed by atoms with E-state index in [-0.39, 0.29) is 35.8 Å². The molecule has 0 radical (unpaired) electrons. The fraction of sp³-hybridized carbons (Fsp3) is 0.0588. The summed E-state index contributed by atoms with van der Waals surface area (Å²) >= 11 is 0. The number of hydrogen-bond acceptors (Lipinski definition) is 6. The summed E-state index contributed by atoms with van der Waals surface area (Å²) in [5, 5.41) is 11.5. The van der Waals surface area contributed by atoms with Crippen LogP contribution in [0.3, 0.4) is 0 Å². The van der Waals surface area contributed by atoms with Crippen molar-refractivity contribution in [3.63, 3.8) is 0 Å². The van der Waals surface area contributed by atoms with E-state index in [9.17, 15) is 0 Å². The van der Waals surface area contributed by atoms with Gasteiger partial charge in [-0.3, -0.25) is 9.97 Å². The number of pyridine rings is 2. The third-order valence-electron chi connectivity index (χ3n) is 25.6. The van der Waals surface area contributed by atoms with Crippen molar-refractivity contribution in [3.8, 4) is 22.3 Å². The molecule has 8 heteroatoms. The number of anilines is 4. The van der Waals surface area contributed by atoms with Crippen molar-refractivity contribution < 1.29 is 8.83 Å². The quantitative estimate of drug-likeness (QED) is 0.122. The molecule has 510 valence electrons. The lowest BCUT2D eigenvalue weighted by atomic mass is 9.61. The largest absolute Gasteiger partial charge is 0.456 e. The minimum atomic E-state index is -0.228. The lowest BCUT2D eigenvalue weighted by Crippen LogP contribution is -2.45. The molecular weight excluding hydrogens is 1340 g/mol. The summed E-state index contributed by atoms with van der Waals surface area (Å²) in [4.78, 5) is 14.7. The van der Waals surface area contributed by atoms with E-state index in [4.69, 9.17) is 18.8 Å². The van der Waals surface area contributed by atoms with Gasteiger partial charge in [0.05, 0.1) is 46.7 Å². The average molecular weight is 1400 g/mol. The Kier molecular flexibility index (Phi) is 11.7. The second kappa shape index (κ2) is 21.8. The van der Waals surface area contributed by atoms with E-state index >= 15 is 0 Å². The van der Waals surface area contributed by atoms with Gasteiger partial charge in [0.15, 0.2) is 0 Å². The highest BCUT2D eigenvalue weighted by molar-refractivity contribution is 6.33. The highest BCUT2D eigenvalue weighted by atomic mass is 16.3. The Hall–Kier alpha value is -14.1. The van der Waals surface area contributed by atoms with Gasteiger partial charge in [0.2, 0.25) is 34.2 Å². The smallest absolute Gasteiger partial charge is 0.239 e. The molecule has 0 fully saturated rings. The Morgan fingerprint density at radius 1 is 0.336 bits per heavy atom. The predicted molar refractivity (Wildman–Crippen MR) is 449 cm³/mol. The van der Waals surface area contributed by atoms with Crippen molar-refractivity contribution in [2.24, 2.45) is 23.7 Å². The number of nitrogens with zero attached hydrogens (tertiary/aromatic N) is 6. The number of furan rings is 2. The van der Waals surface area contributed by atoms with Crippen molar-refractivity contribution in [1.82, 2.24) is 19.1 Å². The Balaban J connectivity index is 0.752. The van der Waals surface area contributed by atoms with E-state index in [1.807, 2.05) is 24.8 Å². The van der Waals surface area contributed by atoms with E-state index in [1.54, 1.807) is 0 Å². The van der Waals surface area contributed by atoms with Crippen LogP contribution in [-0.2, 0) is 0 Å². The van der Waals surface area contributed by atoms with Crippen LogP contribution in [0.25, 0.3) is 99.8 Å². The maximum Gasteiger partial charge on any atom is 0.239 e. The molecule has 0 N–H and O–H groups in total. The van der Waals surface area contributed by atoms with Gasteiger partial charge in [0, 0.05) is 92.3 Å². The monoisotopic (exact) mass is 1400 g/mol. The van der Waals surface area contributed by atoms with Gasteiger partial charge in [-0.25, -0.2) is 0 Å². The van der Waals surface area contributed by atoms with Crippen LogP contribution >= 0.6 is 0 Å². The number of rotatable bonds is 6. The molecule has 0 saturated heterocycles. The Morgan fingerprint density at radius 2 is 0.764 bits per heavy atom. The first kappa shape index (κ1) is 59.1. The molecule has 12 aromatic rings. The van der Waals surface area contributed by atoms with Crippen molar-refractivity contribution in [2.75, 3.05) is 9.80 Å². The molecule has 0 bridgehead atoms. The molecule has 26 rings (SSSR count). The van der Waals surface area contributed by atoms with E-state index in [0.717, 1.165) is 133 Å². The molecule has 110 heavy (non-hydrogen) atoms. The van der Waals surface area contributed by atoms with Crippen LogP contribution in [0.5, 0.6) is 0 Å². The summed E-state index contributed by atoms with van der Waals surface area (Å²) < 4.78 is 20.1. The van der Waals surface area contributed by atoms with E-state index in [1.165, 1.54) is 88.4 Å². The zero-order chi connectivity index (χ0) is 71.3. The summed E-state index contributed by atoms with van der Waals surface area (Å²) in [6, 6.07) is 54.3. The summed E-state index contributed by atoms with van der Waals surface area (Å²) in [5.74, 6) is 0.518. The van der Waals surface area contributed by atoms with Crippen LogP contribution in [0.1, 0.15) is 0 Å². The minimum Gasteiger partial charge on any atom is -0.456 e. The molecule has 6 atom stereocenters. The highest BCUT2D eigenvalue weighted by Gasteiger charge is 2.48. The number of allylic oxidation sites excluding steroid dienone is 32. The molecule has 6 heterocycles. The normalized spacial score (nSPS) is 22.4. The van der Waals surface area contributed by atoms with Crippen LogP contribution in [0.4, 0.5) is 45.5 Å². The molecular formula is C102H62N6O2+2. The molecule has 14 aliphatic rings. The Morgan fingerprint density at radius 3 is 1.22 bits per heavy atom. The maximum absolute atomic E-state index is 7.46. The second-order valence-corrected chi connectivity index (χ2v) is 30.8. The van der Waals surface area contributed by atoms with Gasteiger partial charge < -0.3 is 18.6 Å². The summed E-state index contributed by atoms with van der Waals surface area (Å²) in [5.41, 5.74) is 34.6. The predicted octanol–water partition coefficient (Wildman–Crippen LogP) is 20.0. The minimum absolute atomic E-state index is 0.0699. The molecule has 6 unspecified atom stereocenters. The van der Waals surface area contributed by atoms with Crippen molar-refractivity contribution >= 4 is 134 Å². The van der Waals surface area contributed by atoms with Gasteiger partial charge >= 0.3 is 0 Å².